The van der Waals surface area contributed by atoms with Crippen LogP contribution in [-0.2, 0) is 14.9 Å². The van der Waals surface area contributed by atoms with Crippen molar-refractivity contribution in [3.8, 4) is 17.0 Å². The Labute approximate surface area is 228 Å². The summed E-state index contributed by atoms with van der Waals surface area (Å²) in [5.41, 5.74) is 1.38. The van der Waals surface area contributed by atoms with Crippen molar-refractivity contribution in [2.75, 3.05) is 0 Å². The number of benzene rings is 1. The van der Waals surface area contributed by atoms with E-state index in [0.717, 1.165) is 22.6 Å². The van der Waals surface area contributed by atoms with Crippen LogP contribution >= 0.6 is 0 Å². The largest absolute Gasteiger partial charge is 0.547 e. The highest BCUT2D eigenvalue weighted by atomic mass is 28.3. The lowest BCUT2D eigenvalue weighted by Gasteiger charge is -2.26. The van der Waals surface area contributed by atoms with Crippen molar-refractivity contribution >= 4 is 32.9 Å². The molecule has 9 nitrogen and oxygen atoms in total. The summed E-state index contributed by atoms with van der Waals surface area (Å²) in [6, 6.07) is 9.28. The van der Waals surface area contributed by atoms with E-state index in [1.807, 2.05) is 24.3 Å². The van der Waals surface area contributed by atoms with Crippen LogP contribution in [0.5, 0.6) is 5.75 Å². The predicted molar refractivity (Wildman–Crippen MR) is 154 cm³/mol. The Morgan fingerprint density at radius 2 is 1.42 bits per heavy atom. The van der Waals surface area contributed by atoms with Gasteiger partial charge in [0.1, 0.15) is 17.0 Å². The molecule has 0 fully saturated rings. The Kier molecular flexibility index (Phi) is 9.71. The minimum absolute atomic E-state index is 0.127. The first-order valence-electron chi connectivity index (χ1n) is 12.7. The maximum atomic E-state index is 12.5. The van der Waals surface area contributed by atoms with Crippen LogP contribution in [0, 0.1) is 0 Å². The smallest absolute Gasteiger partial charge is 0.414 e. The molecule has 0 bridgehead atoms. The quantitative estimate of drug-likeness (QED) is 0.261. The molecule has 0 radical (unpaired) electrons. The summed E-state index contributed by atoms with van der Waals surface area (Å²) in [5, 5.41) is 5.02. The van der Waals surface area contributed by atoms with Crippen molar-refractivity contribution in [3.05, 3.63) is 42.1 Å². The number of carbonyl (C=O) groups is 2. The van der Waals surface area contributed by atoms with Gasteiger partial charge in [-0.1, -0.05) is 32.9 Å². The van der Waals surface area contributed by atoms with Crippen LogP contribution in [-0.4, -0.2) is 43.4 Å². The summed E-state index contributed by atoms with van der Waals surface area (Å²) in [5.74, 6) is 0.703. The Morgan fingerprint density at radius 3 is 1.89 bits per heavy atom. The highest BCUT2D eigenvalue weighted by Crippen LogP contribution is 2.39. The molecule has 0 aliphatic heterocycles. The number of pyridine rings is 1. The highest BCUT2D eigenvalue weighted by Gasteiger charge is 2.26. The standard InChI is InChI=1S/C28H42N4O5Si/c1-26(2,3)21-20(37-38(10)11)15-16-29-22(21)18-13-12-14-19(17-18)30-23(31-24(33)35-27(4,5)6)32-25(34)36-28(7,8)9/h12-17,38H,1-11H3,(H2,30,31,32,33,34). The van der Waals surface area contributed by atoms with Crippen molar-refractivity contribution < 1.29 is 23.5 Å². The van der Waals surface area contributed by atoms with Crippen LogP contribution in [0.4, 0.5) is 15.3 Å². The van der Waals surface area contributed by atoms with E-state index >= 15 is 0 Å². The lowest BCUT2D eigenvalue weighted by molar-refractivity contribution is 0.0545. The summed E-state index contributed by atoms with van der Waals surface area (Å²) in [7, 11) is -1.35. The zero-order valence-corrected chi connectivity index (χ0v) is 25.6. The van der Waals surface area contributed by atoms with Crippen molar-refractivity contribution in [3.63, 3.8) is 0 Å². The van der Waals surface area contributed by atoms with Crippen molar-refractivity contribution in [1.82, 2.24) is 15.6 Å². The predicted octanol–water partition coefficient (Wildman–Crippen LogP) is 6.45. The molecular weight excluding hydrogens is 500 g/mol. The first-order valence-corrected chi connectivity index (χ1v) is 15.5. The zero-order chi connectivity index (χ0) is 28.9. The number of aromatic nitrogens is 1. The molecule has 0 spiro atoms. The number of alkyl carbamates (subject to hydrolysis) is 2. The molecule has 1 heterocycles. The molecular formula is C28H42N4O5Si. The molecule has 0 saturated heterocycles. The molecule has 0 unspecified atom stereocenters. The number of hydrogen-bond acceptors (Lipinski definition) is 7. The monoisotopic (exact) mass is 542 g/mol. The lowest BCUT2D eigenvalue weighted by Crippen LogP contribution is -2.47. The summed E-state index contributed by atoms with van der Waals surface area (Å²) in [4.78, 5) is 34.1. The highest BCUT2D eigenvalue weighted by molar-refractivity contribution is 6.49. The minimum Gasteiger partial charge on any atom is -0.547 e. The first kappa shape index (κ1) is 30.8. The second-order valence-electron chi connectivity index (χ2n) is 12.2. The second-order valence-corrected chi connectivity index (χ2v) is 14.5. The van der Waals surface area contributed by atoms with E-state index < -0.39 is 32.4 Å². The third-order valence-electron chi connectivity index (χ3n) is 4.62. The number of guanidine groups is 1. The Hall–Kier alpha value is -3.40. The van der Waals surface area contributed by atoms with Gasteiger partial charge in [0.15, 0.2) is 0 Å². The van der Waals surface area contributed by atoms with E-state index in [1.54, 1.807) is 53.8 Å². The van der Waals surface area contributed by atoms with E-state index in [4.69, 9.17) is 13.9 Å². The molecule has 1 aromatic heterocycles. The fraction of sp³-hybridized carbons (Fsp3) is 0.500. The molecule has 2 rings (SSSR count). The first-order chi connectivity index (χ1) is 17.3. The Morgan fingerprint density at radius 1 is 0.868 bits per heavy atom. The van der Waals surface area contributed by atoms with Crippen LogP contribution in [0.1, 0.15) is 67.9 Å². The van der Waals surface area contributed by atoms with Gasteiger partial charge < -0.3 is 13.9 Å². The van der Waals surface area contributed by atoms with E-state index in [1.165, 1.54) is 0 Å². The summed E-state index contributed by atoms with van der Waals surface area (Å²) < 4.78 is 16.9. The van der Waals surface area contributed by atoms with Gasteiger partial charge in [-0.3, -0.25) is 15.6 Å². The van der Waals surface area contributed by atoms with Crippen molar-refractivity contribution in [2.45, 2.75) is 92.0 Å². The maximum Gasteiger partial charge on any atom is 0.414 e. The Bertz CT molecular complexity index is 1140. The van der Waals surface area contributed by atoms with E-state index in [9.17, 15) is 9.59 Å². The number of rotatable bonds is 4. The molecule has 0 aliphatic carbocycles. The number of hydrogen-bond donors (Lipinski definition) is 2. The van der Waals surface area contributed by atoms with Gasteiger partial charge in [0.25, 0.3) is 0 Å². The molecule has 2 N–H and O–H groups in total. The summed E-state index contributed by atoms with van der Waals surface area (Å²) >= 11 is 0. The average Bonchev–Trinajstić information content (AvgIpc) is 2.69. The molecule has 1 aromatic carbocycles. The molecule has 2 aromatic rings. The third kappa shape index (κ3) is 10.2. The summed E-state index contributed by atoms with van der Waals surface area (Å²) in [6.07, 6.45) is 0.220. The topological polar surface area (TPSA) is 111 Å². The van der Waals surface area contributed by atoms with Crippen LogP contribution < -0.4 is 15.1 Å². The van der Waals surface area contributed by atoms with Gasteiger partial charge >= 0.3 is 12.2 Å². The molecule has 208 valence electrons. The van der Waals surface area contributed by atoms with Gasteiger partial charge in [-0.25, -0.2) is 14.6 Å². The summed E-state index contributed by atoms with van der Waals surface area (Å²) in [6.45, 7) is 21.1. The number of nitrogens with one attached hydrogen (secondary N) is 2. The number of amides is 2. The van der Waals surface area contributed by atoms with Crippen LogP contribution in [0.2, 0.25) is 13.1 Å². The number of ether oxygens (including phenoxy) is 2. The van der Waals surface area contributed by atoms with Gasteiger partial charge in [0.05, 0.1) is 11.4 Å². The second kappa shape index (κ2) is 12.0. The Balaban J connectivity index is 2.53. The third-order valence-corrected chi connectivity index (χ3v) is 5.35. The van der Waals surface area contributed by atoms with Gasteiger partial charge in [0.2, 0.25) is 15.0 Å². The average molecular weight is 543 g/mol. The van der Waals surface area contributed by atoms with E-state index in [-0.39, 0.29) is 11.4 Å². The van der Waals surface area contributed by atoms with Crippen molar-refractivity contribution in [2.24, 2.45) is 4.99 Å². The molecule has 2 amide bonds. The van der Waals surface area contributed by atoms with Gasteiger partial charge in [0, 0.05) is 17.3 Å². The van der Waals surface area contributed by atoms with Crippen LogP contribution in [0.3, 0.4) is 0 Å². The fourth-order valence-electron chi connectivity index (χ4n) is 3.48. The maximum absolute atomic E-state index is 12.5. The molecule has 10 heteroatoms. The number of carbonyl (C=O) groups excluding carboxylic acids is 2. The van der Waals surface area contributed by atoms with Gasteiger partial charge in [-0.15, -0.1) is 0 Å². The zero-order valence-electron chi connectivity index (χ0n) is 24.5. The van der Waals surface area contributed by atoms with Gasteiger partial charge in [-0.2, -0.15) is 0 Å². The molecule has 0 saturated carbocycles. The molecule has 0 aliphatic rings. The normalized spacial score (nSPS) is 12.0. The molecule has 38 heavy (non-hydrogen) atoms. The fourth-order valence-corrected chi connectivity index (χ4v) is 4.18. The number of aliphatic imine (C=N–C) groups is 1. The number of nitrogens with zero attached hydrogens (tertiary/aromatic N) is 2. The molecule has 0 atom stereocenters. The van der Waals surface area contributed by atoms with Crippen LogP contribution in [0.15, 0.2) is 41.5 Å². The minimum atomic E-state index is -1.35. The van der Waals surface area contributed by atoms with E-state index in [0.29, 0.717) is 5.69 Å². The lowest BCUT2D eigenvalue weighted by atomic mass is 9.83. The SMILES string of the molecule is C[SiH](C)Oc1ccnc(-c2cccc(N=C(NC(=O)OC(C)(C)C)NC(=O)OC(C)(C)C)c2)c1C(C)(C)C. The van der Waals surface area contributed by atoms with Crippen LogP contribution in [0.25, 0.3) is 11.3 Å². The van der Waals surface area contributed by atoms with Crippen molar-refractivity contribution in [1.29, 1.82) is 0 Å². The van der Waals surface area contributed by atoms with Gasteiger partial charge in [-0.05, 0) is 78.3 Å². The van der Waals surface area contributed by atoms with E-state index in [2.05, 4.69) is 54.5 Å².